The van der Waals surface area contributed by atoms with Gasteiger partial charge in [0.2, 0.25) is 0 Å². The number of rotatable bonds is 5. The molecule has 0 unspecified atom stereocenters. The first-order valence-corrected chi connectivity index (χ1v) is 21.1. The third-order valence-corrected chi connectivity index (χ3v) is 12.7. The monoisotopic (exact) mass is 867 g/mol. The third kappa shape index (κ3) is 6.75. The van der Waals surface area contributed by atoms with E-state index in [0.29, 0.717) is 17.4 Å². The average Bonchev–Trinajstić information content (AvgIpc) is 3.77. The van der Waals surface area contributed by atoms with Crippen LogP contribution in [0.15, 0.2) is 146 Å². The maximum absolute atomic E-state index is 15.0. The summed E-state index contributed by atoms with van der Waals surface area (Å²) in [6.07, 6.45) is -10.2. The Morgan fingerprint density at radius 2 is 0.923 bits per heavy atom. The molecule has 0 saturated heterocycles. The summed E-state index contributed by atoms with van der Waals surface area (Å²) >= 11 is 0. The van der Waals surface area contributed by atoms with Gasteiger partial charge in [0.1, 0.15) is 0 Å². The molecule has 0 saturated carbocycles. The lowest BCUT2D eigenvalue weighted by atomic mass is 9.92. The average molecular weight is 868 g/mol. The SMILES string of the molecule is Cc1cc(C)c(-c2ccc3c4ccccc4n(-c4cc(C#N)c(-c5ccc(C(F)(F)F)cc5C(F)(F)F)cc4-n4c5ccccc5c5ccc(-c6c(C)cccc6C)cc54)c3c2)c(C)c1. The fourth-order valence-electron chi connectivity index (χ4n) is 10.1. The van der Waals surface area contributed by atoms with Gasteiger partial charge < -0.3 is 9.13 Å². The number of fused-ring (bicyclic) bond motifs is 6. The summed E-state index contributed by atoms with van der Waals surface area (Å²) in [5.74, 6) is 0. The molecule has 2 heterocycles. The van der Waals surface area contributed by atoms with Crippen LogP contribution in [0.1, 0.15) is 44.5 Å². The second-order valence-corrected chi connectivity index (χ2v) is 17.0. The van der Waals surface area contributed by atoms with E-state index in [0.717, 1.165) is 99.7 Å². The highest BCUT2D eigenvalue weighted by atomic mass is 19.4. The van der Waals surface area contributed by atoms with Crippen LogP contribution in [0.3, 0.4) is 0 Å². The largest absolute Gasteiger partial charge is 0.417 e. The zero-order valence-corrected chi connectivity index (χ0v) is 36.0. The van der Waals surface area contributed by atoms with E-state index in [9.17, 15) is 18.4 Å². The molecular weight excluding hydrogens is 829 g/mol. The fraction of sp³-hybridized carbons (Fsp3) is 0.125. The Balaban J connectivity index is 1.38. The van der Waals surface area contributed by atoms with E-state index < -0.39 is 29.0 Å². The summed E-state index contributed by atoms with van der Waals surface area (Å²) in [5.41, 5.74) is 9.71. The molecule has 0 aliphatic carbocycles. The molecule has 8 aromatic carbocycles. The van der Waals surface area contributed by atoms with Crippen LogP contribution in [-0.4, -0.2) is 9.13 Å². The van der Waals surface area contributed by atoms with Crippen molar-refractivity contribution in [1.82, 2.24) is 9.13 Å². The maximum Gasteiger partial charge on any atom is 0.417 e. The van der Waals surface area contributed by atoms with Crippen molar-refractivity contribution < 1.29 is 26.3 Å². The molecule has 320 valence electrons. The fourth-order valence-corrected chi connectivity index (χ4v) is 10.1. The van der Waals surface area contributed by atoms with Crippen molar-refractivity contribution >= 4 is 43.6 Å². The van der Waals surface area contributed by atoms with Crippen LogP contribution in [0, 0.1) is 45.9 Å². The molecule has 10 aromatic rings. The number of aromatic nitrogens is 2. The van der Waals surface area contributed by atoms with Crippen LogP contribution in [-0.2, 0) is 12.4 Å². The van der Waals surface area contributed by atoms with Crippen LogP contribution in [0.4, 0.5) is 26.3 Å². The topological polar surface area (TPSA) is 33.6 Å². The summed E-state index contributed by atoms with van der Waals surface area (Å²) in [4.78, 5) is 0. The second kappa shape index (κ2) is 15.0. The summed E-state index contributed by atoms with van der Waals surface area (Å²) in [6, 6.07) is 45.4. The predicted octanol–water partition coefficient (Wildman–Crippen LogP) is 16.3. The normalized spacial score (nSPS) is 12.2. The number of hydrogen-bond donors (Lipinski definition) is 0. The Hall–Kier alpha value is -7.57. The molecular formula is C56H39F6N3. The Morgan fingerprint density at radius 3 is 1.43 bits per heavy atom. The Morgan fingerprint density at radius 1 is 0.431 bits per heavy atom. The van der Waals surface area contributed by atoms with E-state index in [4.69, 9.17) is 0 Å². The second-order valence-electron chi connectivity index (χ2n) is 17.0. The maximum atomic E-state index is 15.0. The van der Waals surface area contributed by atoms with Crippen molar-refractivity contribution in [3.8, 4) is 50.8 Å². The highest BCUT2D eigenvalue weighted by Gasteiger charge is 2.39. The van der Waals surface area contributed by atoms with Gasteiger partial charge in [-0.1, -0.05) is 103 Å². The quantitative estimate of drug-likeness (QED) is 0.159. The molecule has 9 heteroatoms. The predicted molar refractivity (Wildman–Crippen MR) is 250 cm³/mol. The van der Waals surface area contributed by atoms with E-state index in [2.05, 4.69) is 79.9 Å². The third-order valence-electron chi connectivity index (χ3n) is 12.7. The first-order chi connectivity index (χ1) is 31.0. The zero-order valence-electron chi connectivity index (χ0n) is 36.0. The van der Waals surface area contributed by atoms with Crippen molar-refractivity contribution in [2.45, 2.75) is 47.0 Å². The highest BCUT2D eigenvalue weighted by Crippen LogP contribution is 2.46. The van der Waals surface area contributed by atoms with Gasteiger partial charge in [0, 0.05) is 27.1 Å². The number of halogens is 6. The van der Waals surface area contributed by atoms with Gasteiger partial charge in [-0.15, -0.1) is 0 Å². The number of aryl methyl sites for hydroxylation is 5. The van der Waals surface area contributed by atoms with Gasteiger partial charge in [0.15, 0.2) is 0 Å². The minimum absolute atomic E-state index is 0.130. The first kappa shape index (κ1) is 41.4. The zero-order chi connectivity index (χ0) is 45.7. The van der Waals surface area contributed by atoms with Gasteiger partial charge in [-0.05, 0) is 133 Å². The van der Waals surface area contributed by atoms with Gasteiger partial charge in [0.25, 0.3) is 0 Å². The Labute approximate surface area is 371 Å². The molecule has 0 fully saturated rings. The number of para-hydroxylation sites is 2. The summed E-state index contributed by atoms with van der Waals surface area (Å²) < 4.78 is 91.3. The van der Waals surface area contributed by atoms with Crippen LogP contribution >= 0.6 is 0 Å². The van der Waals surface area contributed by atoms with Gasteiger partial charge in [-0.2, -0.15) is 31.6 Å². The molecule has 0 bridgehead atoms. The van der Waals surface area contributed by atoms with E-state index in [1.54, 1.807) is 12.1 Å². The van der Waals surface area contributed by atoms with Crippen LogP contribution in [0.25, 0.3) is 88.4 Å². The standard InChI is InChI=1S/C56H39F6N3/c1-31-23-34(4)54(35(5)24-31)37-18-21-43-41-13-6-8-15-47(41)64(49(43)26-37)51-27-38(30-63)45(40-22-19-39(55(57,58)59)28-46(40)56(60,61)62)29-52(51)65-48-16-9-7-14-42(48)44-20-17-36(25-50(44)65)53-32(2)11-10-12-33(53)3/h6-29H,1-5H3. The van der Waals surface area contributed by atoms with Crippen molar-refractivity contribution in [3.05, 3.63) is 190 Å². The molecule has 0 spiro atoms. The van der Waals surface area contributed by atoms with Crippen LogP contribution < -0.4 is 0 Å². The van der Waals surface area contributed by atoms with Gasteiger partial charge in [0.05, 0.1) is 56.2 Å². The molecule has 2 aromatic heterocycles. The summed E-state index contributed by atoms with van der Waals surface area (Å²) in [7, 11) is 0. The lowest BCUT2D eigenvalue weighted by Gasteiger charge is -2.22. The molecule has 10 rings (SSSR count). The molecule has 0 N–H and O–H groups in total. The number of alkyl halides is 6. The van der Waals surface area contributed by atoms with E-state index in [1.165, 1.54) is 0 Å². The highest BCUT2D eigenvalue weighted by molar-refractivity contribution is 6.13. The van der Waals surface area contributed by atoms with Gasteiger partial charge in [-0.3, -0.25) is 0 Å². The lowest BCUT2D eigenvalue weighted by Crippen LogP contribution is -2.13. The van der Waals surface area contributed by atoms with Crippen LogP contribution in [0.5, 0.6) is 0 Å². The smallest absolute Gasteiger partial charge is 0.307 e. The molecule has 65 heavy (non-hydrogen) atoms. The number of benzene rings is 8. The first-order valence-electron chi connectivity index (χ1n) is 21.1. The molecule has 0 aliphatic heterocycles. The van der Waals surface area contributed by atoms with Crippen molar-refractivity contribution in [1.29, 1.82) is 5.26 Å². The molecule has 3 nitrogen and oxygen atoms in total. The molecule has 0 atom stereocenters. The van der Waals surface area contributed by atoms with Crippen LogP contribution in [0.2, 0.25) is 0 Å². The minimum Gasteiger partial charge on any atom is -0.307 e. The van der Waals surface area contributed by atoms with Crippen molar-refractivity contribution in [2.24, 2.45) is 0 Å². The number of nitrogens with zero attached hydrogens (tertiary/aromatic N) is 3. The summed E-state index contributed by atoms with van der Waals surface area (Å²) in [6.45, 7) is 10.3. The Bertz CT molecular complexity index is 3610. The molecule has 0 aliphatic rings. The molecule has 0 radical (unpaired) electrons. The van der Waals surface area contributed by atoms with Crippen molar-refractivity contribution in [3.63, 3.8) is 0 Å². The number of nitriles is 1. The van der Waals surface area contributed by atoms with Gasteiger partial charge >= 0.3 is 12.4 Å². The van der Waals surface area contributed by atoms with Crippen molar-refractivity contribution in [2.75, 3.05) is 0 Å². The Kier molecular flexibility index (Phi) is 9.58. The van der Waals surface area contributed by atoms with E-state index in [-0.39, 0.29) is 17.2 Å². The minimum atomic E-state index is -5.19. The molecule has 0 amide bonds. The van der Waals surface area contributed by atoms with E-state index >= 15 is 13.2 Å². The van der Waals surface area contributed by atoms with Gasteiger partial charge in [-0.25, -0.2) is 0 Å². The number of hydrogen-bond acceptors (Lipinski definition) is 1. The van der Waals surface area contributed by atoms with E-state index in [1.807, 2.05) is 85.1 Å². The lowest BCUT2D eigenvalue weighted by molar-refractivity contribution is -0.142. The summed E-state index contributed by atoms with van der Waals surface area (Å²) in [5, 5.41) is 14.5.